The zero-order valence-corrected chi connectivity index (χ0v) is 12.2. The summed E-state index contributed by atoms with van der Waals surface area (Å²) < 4.78 is 10.8. The van der Waals surface area contributed by atoms with Crippen molar-refractivity contribution in [3.8, 4) is 0 Å². The molecule has 7 heteroatoms. The maximum Gasteiger partial charge on any atom is 0.186 e. The first-order valence-corrected chi connectivity index (χ1v) is 7.25. The van der Waals surface area contributed by atoms with Gasteiger partial charge in [-0.15, -0.1) is 0 Å². The molecule has 0 radical (unpaired) electrons. The fraction of sp³-hybridized carbons (Fsp3) is 0.600. The number of rotatable bonds is 6. The molecule has 1 saturated heterocycles. The minimum atomic E-state index is -1.44. The average molecular weight is 313 g/mol. The number of aliphatic hydroxyl groups excluding tert-OH is 4. The van der Waals surface area contributed by atoms with Crippen molar-refractivity contribution in [3.63, 3.8) is 0 Å². The summed E-state index contributed by atoms with van der Waals surface area (Å²) in [5, 5.41) is 38.5. The van der Waals surface area contributed by atoms with Gasteiger partial charge in [0, 0.05) is 12.5 Å². The second-order valence-corrected chi connectivity index (χ2v) is 5.37. The summed E-state index contributed by atoms with van der Waals surface area (Å²) in [7, 11) is 0. The van der Waals surface area contributed by atoms with Gasteiger partial charge in [0.2, 0.25) is 0 Å². The van der Waals surface area contributed by atoms with E-state index in [1.165, 1.54) is 0 Å². The molecule has 0 amide bonds. The molecule has 1 aliphatic rings. The Balaban J connectivity index is 1.97. The molecule has 124 valence electrons. The molecule has 22 heavy (non-hydrogen) atoms. The van der Waals surface area contributed by atoms with Crippen LogP contribution in [0.25, 0.3) is 0 Å². The maximum absolute atomic E-state index is 9.90. The fourth-order valence-electron chi connectivity index (χ4n) is 2.44. The highest BCUT2D eigenvalue weighted by Crippen LogP contribution is 2.23. The van der Waals surface area contributed by atoms with Crippen LogP contribution in [0.1, 0.15) is 11.5 Å². The molecule has 0 aromatic heterocycles. The van der Waals surface area contributed by atoms with E-state index in [-0.39, 0.29) is 12.5 Å². The van der Waals surface area contributed by atoms with Gasteiger partial charge in [0.05, 0.1) is 13.2 Å². The number of aliphatic hydroxyl groups is 4. The zero-order chi connectivity index (χ0) is 16.1. The van der Waals surface area contributed by atoms with Crippen LogP contribution in [0.4, 0.5) is 0 Å². The van der Waals surface area contributed by atoms with Crippen molar-refractivity contribution in [2.75, 3.05) is 19.8 Å². The van der Waals surface area contributed by atoms with Crippen molar-refractivity contribution >= 4 is 0 Å². The Kier molecular flexibility index (Phi) is 6.27. The third-order valence-electron chi connectivity index (χ3n) is 3.87. The van der Waals surface area contributed by atoms with E-state index in [1.54, 1.807) is 0 Å². The van der Waals surface area contributed by atoms with Crippen molar-refractivity contribution in [1.29, 1.82) is 0 Å². The van der Waals surface area contributed by atoms with Crippen molar-refractivity contribution in [1.82, 2.24) is 0 Å². The lowest BCUT2D eigenvalue weighted by Gasteiger charge is -2.40. The van der Waals surface area contributed by atoms with Crippen LogP contribution in [-0.4, -0.2) is 70.9 Å². The molecule has 0 saturated carbocycles. The second kappa shape index (κ2) is 7.98. The Bertz CT molecular complexity index is 443. The molecule has 1 aliphatic heterocycles. The van der Waals surface area contributed by atoms with Crippen LogP contribution < -0.4 is 5.73 Å². The van der Waals surface area contributed by atoms with Crippen LogP contribution in [0, 0.1) is 0 Å². The Hall–Kier alpha value is -1.06. The molecule has 0 spiro atoms. The molecule has 2 rings (SSSR count). The third-order valence-corrected chi connectivity index (χ3v) is 3.87. The van der Waals surface area contributed by atoms with Gasteiger partial charge in [-0.3, -0.25) is 0 Å². The Morgan fingerprint density at radius 3 is 2.36 bits per heavy atom. The summed E-state index contributed by atoms with van der Waals surface area (Å²) in [5.74, 6) is -0.0893. The van der Waals surface area contributed by atoms with Gasteiger partial charge in [0.15, 0.2) is 6.29 Å². The van der Waals surface area contributed by atoms with E-state index < -0.39 is 37.3 Å². The van der Waals surface area contributed by atoms with Gasteiger partial charge in [-0.2, -0.15) is 0 Å². The van der Waals surface area contributed by atoms with Gasteiger partial charge in [0.1, 0.15) is 24.4 Å². The minimum absolute atomic E-state index is 0.0893. The van der Waals surface area contributed by atoms with Gasteiger partial charge >= 0.3 is 0 Å². The fourth-order valence-corrected chi connectivity index (χ4v) is 2.44. The van der Waals surface area contributed by atoms with Crippen LogP contribution in [0.5, 0.6) is 0 Å². The van der Waals surface area contributed by atoms with Gasteiger partial charge in [-0.25, -0.2) is 0 Å². The monoisotopic (exact) mass is 313 g/mol. The molecule has 1 aromatic rings. The van der Waals surface area contributed by atoms with Crippen molar-refractivity contribution < 1.29 is 29.9 Å². The summed E-state index contributed by atoms with van der Waals surface area (Å²) >= 11 is 0. The summed E-state index contributed by atoms with van der Waals surface area (Å²) in [6, 6.07) is 9.54. The largest absolute Gasteiger partial charge is 0.394 e. The standard InChI is InChI=1S/C15H23NO6/c16-6-10(9-4-2-1-3-5-9)8-21-15-14(20)13(19)12(18)11(7-17)22-15/h1-5,10-15,17-20H,6-8,16H2/t10?,11-,12-,13+,14-,15-/m1/s1. The predicted molar refractivity (Wildman–Crippen MR) is 78.0 cm³/mol. The van der Waals surface area contributed by atoms with E-state index in [0.29, 0.717) is 6.54 Å². The topological polar surface area (TPSA) is 125 Å². The average Bonchev–Trinajstić information content (AvgIpc) is 2.56. The normalized spacial score (nSPS) is 33.6. The van der Waals surface area contributed by atoms with Crippen LogP contribution in [0.2, 0.25) is 0 Å². The molecule has 1 aromatic carbocycles. The van der Waals surface area contributed by atoms with Gasteiger partial charge in [-0.1, -0.05) is 30.3 Å². The Morgan fingerprint density at radius 2 is 1.77 bits per heavy atom. The highest BCUT2D eigenvalue weighted by atomic mass is 16.7. The number of hydrogen-bond donors (Lipinski definition) is 5. The summed E-state index contributed by atoms with van der Waals surface area (Å²) in [6.45, 7) is 0.0500. The Labute approximate surface area is 128 Å². The van der Waals surface area contributed by atoms with Gasteiger partial charge in [-0.05, 0) is 5.56 Å². The molecule has 6 atom stereocenters. The third kappa shape index (κ3) is 3.82. The van der Waals surface area contributed by atoms with E-state index in [0.717, 1.165) is 5.56 Å². The second-order valence-electron chi connectivity index (χ2n) is 5.37. The first-order chi connectivity index (χ1) is 10.6. The number of nitrogens with two attached hydrogens (primary N) is 1. The van der Waals surface area contributed by atoms with Crippen LogP contribution in [0.3, 0.4) is 0 Å². The number of hydrogen-bond acceptors (Lipinski definition) is 7. The van der Waals surface area contributed by atoms with Gasteiger partial charge in [0.25, 0.3) is 0 Å². The zero-order valence-electron chi connectivity index (χ0n) is 12.2. The molecule has 1 unspecified atom stereocenters. The molecule has 1 heterocycles. The van der Waals surface area contributed by atoms with Crippen molar-refractivity contribution in [2.24, 2.45) is 5.73 Å². The molecule has 1 fully saturated rings. The first kappa shape index (κ1) is 17.3. The molecule has 6 N–H and O–H groups in total. The van der Waals surface area contributed by atoms with Crippen molar-refractivity contribution in [2.45, 2.75) is 36.6 Å². The van der Waals surface area contributed by atoms with Crippen LogP contribution >= 0.6 is 0 Å². The SMILES string of the molecule is NCC(CO[C@@H]1O[C@H](CO)[C@@H](O)[C@H](O)[C@H]1O)c1ccccc1. The summed E-state index contributed by atoms with van der Waals surface area (Å²) in [4.78, 5) is 0. The maximum atomic E-state index is 9.90. The first-order valence-electron chi connectivity index (χ1n) is 7.25. The van der Waals surface area contributed by atoms with E-state index in [2.05, 4.69) is 0 Å². The molecule has 7 nitrogen and oxygen atoms in total. The summed E-state index contributed by atoms with van der Waals surface area (Å²) in [6.07, 6.45) is -6.33. The molecular formula is C15H23NO6. The lowest BCUT2D eigenvalue weighted by Crippen LogP contribution is -2.59. The number of benzene rings is 1. The van der Waals surface area contributed by atoms with E-state index >= 15 is 0 Å². The lowest BCUT2D eigenvalue weighted by molar-refractivity contribution is -0.301. The van der Waals surface area contributed by atoms with E-state index in [1.807, 2.05) is 30.3 Å². The van der Waals surface area contributed by atoms with Crippen molar-refractivity contribution in [3.05, 3.63) is 35.9 Å². The summed E-state index contributed by atoms with van der Waals surface area (Å²) in [5.41, 5.74) is 6.74. The molecular weight excluding hydrogens is 290 g/mol. The Morgan fingerprint density at radius 1 is 1.09 bits per heavy atom. The minimum Gasteiger partial charge on any atom is -0.394 e. The van der Waals surface area contributed by atoms with Gasteiger partial charge < -0.3 is 35.6 Å². The lowest BCUT2D eigenvalue weighted by atomic mass is 9.98. The van der Waals surface area contributed by atoms with E-state index in [9.17, 15) is 15.3 Å². The van der Waals surface area contributed by atoms with Crippen LogP contribution in [0.15, 0.2) is 30.3 Å². The molecule has 0 aliphatic carbocycles. The smallest absolute Gasteiger partial charge is 0.186 e. The van der Waals surface area contributed by atoms with Crippen LogP contribution in [-0.2, 0) is 9.47 Å². The van der Waals surface area contributed by atoms with E-state index in [4.69, 9.17) is 20.3 Å². The predicted octanol–water partition coefficient (Wildman–Crippen LogP) is -1.45. The molecule has 0 bridgehead atoms. The highest BCUT2D eigenvalue weighted by Gasteiger charge is 2.44. The quantitative estimate of drug-likeness (QED) is 0.435. The number of ether oxygens (including phenoxy) is 2. The highest BCUT2D eigenvalue weighted by molar-refractivity contribution is 5.19.